The molecule has 0 heterocycles. The van der Waals surface area contributed by atoms with Crippen molar-refractivity contribution in [2.45, 2.75) is 12.5 Å². The monoisotopic (exact) mass is 327 g/mol. The van der Waals surface area contributed by atoms with Gasteiger partial charge in [0.1, 0.15) is 11.6 Å². The molecule has 112 valence electrons. The average Bonchev–Trinajstić information content (AvgIpc) is 2.48. The number of benzene rings is 2. The van der Waals surface area contributed by atoms with E-state index in [0.717, 1.165) is 16.9 Å². The first-order chi connectivity index (χ1) is 10.0. The highest BCUT2D eigenvalue weighted by Crippen LogP contribution is 2.31. The van der Waals surface area contributed by atoms with Gasteiger partial charge in [-0.25, -0.2) is 4.39 Å². The topological polar surface area (TPSA) is 21.3 Å². The summed E-state index contributed by atoms with van der Waals surface area (Å²) < 4.78 is 18.8. The molecule has 2 rings (SSSR count). The second-order valence-electron chi connectivity index (χ2n) is 4.67. The fraction of sp³-hybridized carbons (Fsp3) is 0.250. The van der Waals surface area contributed by atoms with Crippen molar-refractivity contribution in [1.29, 1.82) is 0 Å². The zero-order chi connectivity index (χ0) is 15.4. The van der Waals surface area contributed by atoms with Crippen LogP contribution >= 0.6 is 23.2 Å². The van der Waals surface area contributed by atoms with Crippen molar-refractivity contribution in [3.05, 3.63) is 63.4 Å². The average molecular weight is 328 g/mol. The zero-order valence-electron chi connectivity index (χ0n) is 11.8. The van der Waals surface area contributed by atoms with Crippen LogP contribution in [0.25, 0.3) is 0 Å². The number of rotatable bonds is 5. The lowest BCUT2D eigenvalue weighted by Gasteiger charge is -2.20. The third kappa shape index (κ3) is 3.88. The quantitative estimate of drug-likeness (QED) is 0.863. The van der Waals surface area contributed by atoms with E-state index in [0.29, 0.717) is 16.5 Å². The normalized spacial score (nSPS) is 12.2. The number of likely N-dealkylation sites (N-methyl/N-ethyl adjacent to an activating group) is 1. The lowest BCUT2D eigenvalue weighted by atomic mass is 9.98. The van der Waals surface area contributed by atoms with Crippen molar-refractivity contribution in [3.63, 3.8) is 0 Å². The van der Waals surface area contributed by atoms with E-state index in [4.69, 9.17) is 27.9 Å². The van der Waals surface area contributed by atoms with Crippen molar-refractivity contribution in [3.8, 4) is 5.75 Å². The van der Waals surface area contributed by atoms with Crippen molar-refractivity contribution < 1.29 is 9.13 Å². The van der Waals surface area contributed by atoms with Gasteiger partial charge in [0.2, 0.25) is 0 Å². The molecular weight excluding hydrogens is 312 g/mol. The Morgan fingerprint density at radius 2 is 1.95 bits per heavy atom. The predicted molar refractivity (Wildman–Crippen MR) is 84.9 cm³/mol. The maximum atomic E-state index is 13.4. The molecule has 1 unspecified atom stereocenters. The largest absolute Gasteiger partial charge is 0.496 e. The molecule has 0 aliphatic carbocycles. The van der Waals surface area contributed by atoms with E-state index < -0.39 is 0 Å². The van der Waals surface area contributed by atoms with E-state index in [1.807, 2.05) is 19.2 Å². The molecule has 0 bridgehead atoms. The second-order valence-corrected chi connectivity index (χ2v) is 5.51. The van der Waals surface area contributed by atoms with E-state index in [2.05, 4.69) is 5.32 Å². The number of halogens is 3. The Balaban J connectivity index is 2.36. The molecule has 5 heteroatoms. The molecule has 0 aromatic heterocycles. The van der Waals surface area contributed by atoms with Gasteiger partial charge in [-0.05, 0) is 55.4 Å². The van der Waals surface area contributed by atoms with Crippen LogP contribution in [-0.4, -0.2) is 14.2 Å². The molecule has 0 spiro atoms. The summed E-state index contributed by atoms with van der Waals surface area (Å²) in [6.45, 7) is 0. The second kappa shape index (κ2) is 7.12. The summed E-state index contributed by atoms with van der Waals surface area (Å²) >= 11 is 12.2. The van der Waals surface area contributed by atoms with Crippen LogP contribution in [0.1, 0.15) is 17.2 Å². The van der Waals surface area contributed by atoms with Gasteiger partial charge in [0.05, 0.1) is 7.11 Å². The van der Waals surface area contributed by atoms with Gasteiger partial charge in [0.15, 0.2) is 0 Å². The molecule has 21 heavy (non-hydrogen) atoms. The smallest absolute Gasteiger partial charge is 0.123 e. The molecule has 0 radical (unpaired) electrons. The molecule has 2 aromatic carbocycles. The maximum absolute atomic E-state index is 13.4. The minimum atomic E-state index is -0.303. The lowest BCUT2D eigenvalue weighted by molar-refractivity contribution is 0.401. The van der Waals surface area contributed by atoms with Crippen LogP contribution in [-0.2, 0) is 6.42 Å². The molecule has 0 saturated heterocycles. The summed E-state index contributed by atoms with van der Waals surface area (Å²) in [6.07, 6.45) is 0.532. The minimum absolute atomic E-state index is 0.0852. The lowest BCUT2D eigenvalue weighted by Crippen LogP contribution is -2.20. The van der Waals surface area contributed by atoms with E-state index in [-0.39, 0.29) is 11.9 Å². The fourth-order valence-corrected chi connectivity index (χ4v) is 2.64. The third-order valence-electron chi connectivity index (χ3n) is 3.35. The fourth-order valence-electron chi connectivity index (χ4n) is 2.26. The van der Waals surface area contributed by atoms with E-state index in [1.54, 1.807) is 19.2 Å². The van der Waals surface area contributed by atoms with E-state index in [9.17, 15) is 4.39 Å². The molecule has 1 N–H and O–H groups in total. The van der Waals surface area contributed by atoms with Gasteiger partial charge in [0.25, 0.3) is 0 Å². The summed E-state index contributed by atoms with van der Waals surface area (Å²) in [5.41, 5.74) is 1.64. The highest BCUT2D eigenvalue weighted by Gasteiger charge is 2.17. The standard InChI is InChI=1S/C16H16Cl2FNO/c1-20-15(8-10-7-12(19)4-5-14(10)18)13-9-11(17)3-6-16(13)21-2/h3-7,9,15,20H,8H2,1-2H3. The van der Waals surface area contributed by atoms with Crippen molar-refractivity contribution in [2.24, 2.45) is 0 Å². The maximum Gasteiger partial charge on any atom is 0.123 e. The Morgan fingerprint density at radius 3 is 2.62 bits per heavy atom. The Morgan fingerprint density at radius 1 is 1.19 bits per heavy atom. The molecular formula is C16H16Cl2FNO. The van der Waals surface area contributed by atoms with Crippen LogP contribution in [0.3, 0.4) is 0 Å². The molecule has 0 amide bonds. The summed E-state index contributed by atoms with van der Waals surface area (Å²) in [4.78, 5) is 0. The Kier molecular flexibility index (Phi) is 5.45. The summed E-state index contributed by atoms with van der Waals surface area (Å²) in [5.74, 6) is 0.425. The number of ether oxygens (including phenoxy) is 1. The molecule has 0 fully saturated rings. The van der Waals surface area contributed by atoms with Crippen LogP contribution < -0.4 is 10.1 Å². The number of methoxy groups -OCH3 is 1. The predicted octanol–water partition coefficient (Wildman–Crippen LogP) is 4.64. The number of hydrogen-bond donors (Lipinski definition) is 1. The van der Waals surface area contributed by atoms with E-state index in [1.165, 1.54) is 12.1 Å². The Labute approximate surface area is 133 Å². The van der Waals surface area contributed by atoms with Gasteiger partial charge >= 0.3 is 0 Å². The first-order valence-corrected chi connectivity index (χ1v) is 7.25. The van der Waals surface area contributed by atoms with Gasteiger partial charge in [-0.3, -0.25) is 0 Å². The van der Waals surface area contributed by atoms with Gasteiger partial charge in [-0.2, -0.15) is 0 Å². The first-order valence-electron chi connectivity index (χ1n) is 6.49. The number of hydrogen-bond acceptors (Lipinski definition) is 2. The van der Waals surface area contributed by atoms with Crippen molar-refractivity contribution in [2.75, 3.05) is 14.2 Å². The molecule has 0 saturated carbocycles. The molecule has 0 aliphatic heterocycles. The van der Waals surface area contributed by atoms with Crippen molar-refractivity contribution in [1.82, 2.24) is 5.32 Å². The zero-order valence-corrected chi connectivity index (χ0v) is 13.3. The molecule has 0 aliphatic rings. The van der Waals surface area contributed by atoms with Crippen LogP contribution in [0.15, 0.2) is 36.4 Å². The summed E-state index contributed by atoms with van der Waals surface area (Å²) in [6, 6.07) is 9.70. The highest BCUT2D eigenvalue weighted by molar-refractivity contribution is 6.31. The van der Waals surface area contributed by atoms with Gasteiger partial charge in [-0.15, -0.1) is 0 Å². The minimum Gasteiger partial charge on any atom is -0.496 e. The first kappa shape index (κ1) is 16.1. The molecule has 2 aromatic rings. The molecule has 1 atom stereocenters. The van der Waals surface area contributed by atoms with Gasteiger partial charge in [0, 0.05) is 21.7 Å². The SMILES string of the molecule is CNC(Cc1cc(F)ccc1Cl)c1cc(Cl)ccc1OC. The van der Waals surface area contributed by atoms with Gasteiger partial charge < -0.3 is 10.1 Å². The van der Waals surface area contributed by atoms with E-state index >= 15 is 0 Å². The summed E-state index contributed by atoms with van der Waals surface area (Å²) in [5, 5.41) is 4.36. The Bertz CT molecular complexity index is 634. The van der Waals surface area contributed by atoms with Crippen LogP contribution in [0.5, 0.6) is 5.75 Å². The molecule has 2 nitrogen and oxygen atoms in total. The summed E-state index contributed by atoms with van der Waals surface area (Å²) in [7, 11) is 3.44. The van der Waals surface area contributed by atoms with Gasteiger partial charge in [-0.1, -0.05) is 23.2 Å². The number of nitrogens with one attached hydrogen (secondary N) is 1. The third-order valence-corrected chi connectivity index (χ3v) is 3.95. The highest BCUT2D eigenvalue weighted by atomic mass is 35.5. The van der Waals surface area contributed by atoms with Crippen LogP contribution in [0.4, 0.5) is 4.39 Å². The van der Waals surface area contributed by atoms with Crippen LogP contribution in [0.2, 0.25) is 10.0 Å². The van der Waals surface area contributed by atoms with Crippen LogP contribution in [0, 0.1) is 5.82 Å². The Hall–Kier alpha value is -1.29. The van der Waals surface area contributed by atoms with Crippen molar-refractivity contribution >= 4 is 23.2 Å².